The van der Waals surface area contributed by atoms with Gasteiger partial charge in [-0.1, -0.05) is 140 Å². The minimum absolute atomic E-state index is 0.499. The van der Waals surface area contributed by atoms with E-state index in [1.165, 1.54) is 0 Å². The lowest BCUT2D eigenvalue weighted by atomic mass is 9.82. The van der Waals surface area contributed by atoms with E-state index in [0.717, 1.165) is 126 Å². The monoisotopic (exact) mass is 813 g/mol. The molecule has 0 aliphatic heterocycles. The number of hydrogen-bond acceptors (Lipinski definition) is 5. The summed E-state index contributed by atoms with van der Waals surface area (Å²) in [5.74, 6) is 0. The van der Waals surface area contributed by atoms with Crippen LogP contribution in [0.3, 0.4) is 0 Å². The minimum atomic E-state index is 0.499. The number of hydrogen-bond donors (Lipinski definition) is 0. The van der Waals surface area contributed by atoms with Gasteiger partial charge >= 0.3 is 0 Å². The molecule has 0 N–H and O–H groups in total. The summed E-state index contributed by atoms with van der Waals surface area (Å²) in [6.07, 6.45) is 7.34. The molecule has 0 bridgehead atoms. The highest BCUT2D eigenvalue weighted by Gasteiger charge is 2.34. The Morgan fingerprint density at radius 3 is 1.42 bits per heavy atom. The Morgan fingerprint density at radius 1 is 0.391 bits per heavy atom. The molecule has 5 aromatic heterocycles. The maximum atomic E-state index is 12.3. The van der Waals surface area contributed by atoms with Crippen molar-refractivity contribution in [3.63, 3.8) is 0 Å². The van der Waals surface area contributed by atoms with Gasteiger partial charge in [0.25, 0.3) is 0 Å². The molecule has 0 unspecified atom stereocenters. The third-order valence-electron chi connectivity index (χ3n) is 13.3. The summed E-state index contributed by atoms with van der Waals surface area (Å²) in [5.41, 5.74) is 12.1. The highest BCUT2D eigenvalue weighted by Crippen LogP contribution is 2.53. The van der Waals surface area contributed by atoms with Crippen LogP contribution in [0.25, 0.3) is 132 Å². The van der Waals surface area contributed by atoms with Crippen LogP contribution >= 0.6 is 0 Å². The molecule has 0 fully saturated rings. The zero-order chi connectivity index (χ0) is 42.0. The number of nitrogens with zero attached hydrogens (tertiary/aromatic N) is 7. The summed E-state index contributed by atoms with van der Waals surface area (Å²) in [6.45, 7) is 0. The number of fused-ring (bicyclic) bond motifs is 6. The van der Waals surface area contributed by atoms with E-state index < -0.39 is 0 Å². The third kappa shape index (κ3) is 4.47. The van der Waals surface area contributed by atoms with Gasteiger partial charge in [-0.15, -0.1) is 0 Å². The van der Waals surface area contributed by atoms with E-state index in [1.54, 1.807) is 6.33 Å². The van der Waals surface area contributed by atoms with E-state index in [0.29, 0.717) is 11.3 Å². The van der Waals surface area contributed by atoms with Gasteiger partial charge in [-0.05, 0) is 67.9 Å². The molecule has 0 atom stereocenters. The molecule has 0 amide bonds. The Kier molecular flexibility index (Phi) is 7.05. The Balaban J connectivity index is 1.30. The molecule has 0 radical (unpaired) electrons. The van der Waals surface area contributed by atoms with Crippen LogP contribution in [0.5, 0.6) is 0 Å². The lowest BCUT2D eigenvalue weighted by molar-refractivity contribution is 1.08. The minimum Gasteiger partial charge on any atom is -0.307 e. The summed E-state index contributed by atoms with van der Waals surface area (Å²) in [6, 6.07) is 60.2. The Hall–Kier alpha value is -8.99. The summed E-state index contributed by atoms with van der Waals surface area (Å²) in [5, 5.41) is 24.1. The van der Waals surface area contributed by atoms with Gasteiger partial charge in [-0.25, -0.2) is 19.9 Å². The topological polar surface area (TPSA) is 85.2 Å². The first-order valence-electron chi connectivity index (χ1n) is 21.4. The highest BCUT2D eigenvalue weighted by molar-refractivity contribution is 6.35. The molecule has 14 aromatic rings. The predicted octanol–water partition coefficient (Wildman–Crippen LogP) is 13.8. The van der Waals surface area contributed by atoms with Crippen LogP contribution in [0, 0.1) is 11.3 Å². The van der Waals surface area contributed by atoms with Gasteiger partial charge < -0.3 is 4.57 Å². The molecule has 64 heavy (non-hydrogen) atoms. The normalized spacial score (nSPS) is 12.0. The number of benzene rings is 9. The zero-order valence-corrected chi connectivity index (χ0v) is 34.0. The van der Waals surface area contributed by atoms with E-state index in [-0.39, 0.29) is 0 Å². The van der Waals surface area contributed by atoms with Crippen LogP contribution < -0.4 is 0 Å². The molecule has 0 saturated heterocycles. The van der Waals surface area contributed by atoms with Crippen LogP contribution in [-0.2, 0) is 0 Å². The second kappa shape index (κ2) is 13.0. The van der Waals surface area contributed by atoms with Gasteiger partial charge in [0.1, 0.15) is 29.3 Å². The van der Waals surface area contributed by atoms with Gasteiger partial charge in [-0.2, -0.15) is 5.26 Å². The van der Waals surface area contributed by atoms with Crippen molar-refractivity contribution in [2.45, 2.75) is 0 Å². The average molecular weight is 814 g/mol. The Morgan fingerprint density at radius 2 is 0.859 bits per heavy atom. The van der Waals surface area contributed by atoms with E-state index in [9.17, 15) is 5.26 Å². The summed E-state index contributed by atoms with van der Waals surface area (Å²) < 4.78 is 4.52. The van der Waals surface area contributed by atoms with Gasteiger partial charge in [0.2, 0.25) is 0 Å². The molecule has 7 nitrogen and oxygen atoms in total. The van der Waals surface area contributed by atoms with Gasteiger partial charge in [0, 0.05) is 67.6 Å². The van der Waals surface area contributed by atoms with Crippen molar-refractivity contribution in [3.05, 3.63) is 194 Å². The van der Waals surface area contributed by atoms with E-state index in [4.69, 9.17) is 15.0 Å². The average Bonchev–Trinajstić information content (AvgIpc) is 3.89. The van der Waals surface area contributed by atoms with Crippen molar-refractivity contribution in [1.82, 2.24) is 29.1 Å². The van der Waals surface area contributed by atoms with Gasteiger partial charge in [-0.3, -0.25) is 4.57 Å². The number of rotatable bonds is 5. The van der Waals surface area contributed by atoms with Crippen molar-refractivity contribution in [3.8, 4) is 50.8 Å². The summed E-state index contributed by atoms with van der Waals surface area (Å²) in [7, 11) is 0. The van der Waals surface area contributed by atoms with Gasteiger partial charge in [0.05, 0.1) is 27.9 Å². The molecule has 9 aromatic carbocycles. The number of nitriles is 1. The van der Waals surface area contributed by atoms with Crippen molar-refractivity contribution in [1.29, 1.82) is 5.26 Å². The molecule has 294 valence electrons. The first-order valence-corrected chi connectivity index (χ1v) is 21.4. The smallest absolute Gasteiger partial charge is 0.147 e. The van der Waals surface area contributed by atoms with Crippen molar-refractivity contribution >= 4 is 87.1 Å². The molecule has 0 aliphatic carbocycles. The molecular formula is C57H31N7. The van der Waals surface area contributed by atoms with Crippen LogP contribution in [0.4, 0.5) is 0 Å². The lowest BCUT2D eigenvalue weighted by Crippen LogP contribution is -2.11. The lowest BCUT2D eigenvalue weighted by Gasteiger charge is -2.27. The van der Waals surface area contributed by atoms with Crippen LogP contribution in [-0.4, -0.2) is 29.1 Å². The summed E-state index contributed by atoms with van der Waals surface area (Å²) in [4.78, 5) is 19.8. The van der Waals surface area contributed by atoms with Crippen molar-refractivity contribution in [2.24, 2.45) is 0 Å². The first-order chi connectivity index (χ1) is 31.8. The first kappa shape index (κ1) is 34.7. The maximum absolute atomic E-state index is 12.3. The Labute approximate surface area is 365 Å². The summed E-state index contributed by atoms with van der Waals surface area (Å²) >= 11 is 0. The number of aromatic nitrogens is 6. The van der Waals surface area contributed by atoms with Gasteiger partial charge in [0.15, 0.2) is 0 Å². The standard InChI is InChI=1S/C57H31N7/c58-30-42-54(63-44-24-12-22-38-43-31-59-32-62-53(43)41-23-13-25-45(63)50(41)49(38)44)47(34-16-6-2-7-17-34)46(33-14-4-1-5-15-33)48(35-18-8-3-9-19-35)55(42)64-56-51-39(26-28-60-56)36-20-10-11-21-37(36)40-27-29-61-57(64)52(40)51/h1-29,31-32H. The van der Waals surface area contributed by atoms with E-state index >= 15 is 0 Å². The molecule has 14 rings (SSSR count). The quantitative estimate of drug-likeness (QED) is 0.162. The molecule has 0 saturated carbocycles. The Bertz CT molecular complexity index is 3820. The molecule has 7 heteroatoms. The zero-order valence-electron chi connectivity index (χ0n) is 34.0. The second-order valence-corrected chi connectivity index (χ2v) is 16.4. The largest absolute Gasteiger partial charge is 0.307 e. The van der Waals surface area contributed by atoms with Crippen molar-refractivity contribution in [2.75, 3.05) is 0 Å². The van der Waals surface area contributed by atoms with Crippen molar-refractivity contribution < 1.29 is 0 Å². The third-order valence-corrected chi connectivity index (χ3v) is 13.3. The maximum Gasteiger partial charge on any atom is 0.147 e. The number of pyridine rings is 2. The fraction of sp³-hybridized carbons (Fsp3) is 0. The highest BCUT2D eigenvalue weighted by atomic mass is 15.1. The van der Waals surface area contributed by atoms with Crippen LogP contribution in [0.15, 0.2) is 189 Å². The van der Waals surface area contributed by atoms with E-state index in [2.05, 4.69) is 172 Å². The second-order valence-electron chi connectivity index (χ2n) is 16.4. The van der Waals surface area contributed by atoms with E-state index in [1.807, 2.05) is 30.7 Å². The molecule has 0 aliphatic rings. The fourth-order valence-electron chi connectivity index (χ4n) is 10.9. The van der Waals surface area contributed by atoms with Crippen LogP contribution in [0.2, 0.25) is 0 Å². The fourth-order valence-corrected chi connectivity index (χ4v) is 10.9. The molecular weight excluding hydrogens is 783 g/mol. The SMILES string of the molecule is N#Cc1c(-n2c3cccc4c5cncnc5c5cccc2c5c43)c(-c2ccccc2)c(-c2ccccc2)c(-c2ccccc2)c1-n1c2nccc3c4ccccc4c4ccnc1c4c32. The molecule has 0 spiro atoms. The van der Waals surface area contributed by atoms with Crippen LogP contribution in [0.1, 0.15) is 5.56 Å². The molecule has 5 heterocycles. The predicted molar refractivity (Wildman–Crippen MR) is 260 cm³/mol.